The minimum Gasteiger partial charge on any atom is -0.478 e. The van der Waals surface area contributed by atoms with Crippen molar-refractivity contribution in [3.8, 4) is 0 Å². The van der Waals surface area contributed by atoms with Crippen LogP contribution in [0.3, 0.4) is 0 Å². The number of carbonyl (C=O) groups is 1. The Bertz CT molecular complexity index is 586. The second-order valence-electron chi connectivity index (χ2n) is 4.03. The molecule has 16 heavy (non-hydrogen) atoms. The number of fused-ring (bicyclic) bond motifs is 1. The summed E-state index contributed by atoms with van der Waals surface area (Å²) in [4.78, 5) is 19.3. The predicted octanol–water partition coefficient (Wildman–Crippen LogP) is 1.01. The zero-order valence-electron chi connectivity index (χ0n) is 8.71. The zero-order chi connectivity index (χ0) is 11.3. The molecule has 1 saturated carbocycles. The van der Waals surface area contributed by atoms with Crippen LogP contribution in [0.25, 0.3) is 5.78 Å². The first kappa shape index (κ1) is 9.26. The van der Waals surface area contributed by atoms with E-state index in [0.717, 1.165) is 18.7 Å². The van der Waals surface area contributed by atoms with Crippen molar-refractivity contribution >= 4 is 11.7 Å². The third-order valence-electron chi connectivity index (χ3n) is 2.71. The minimum absolute atomic E-state index is 0.166. The number of hydrogen-bond acceptors (Lipinski definition) is 4. The van der Waals surface area contributed by atoms with Crippen LogP contribution >= 0.6 is 0 Å². The Kier molecular flexibility index (Phi) is 1.74. The quantitative estimate of drug-likeness (QED) is 0.813. The topological polar surface area (TPSA) is 80.4 Å². The predicted molar refractivity (Wildman–Crippen MR) is 54.5 cm³/mol. The lowest BCUT2D eigenvalue weighted by Crippen LogP contribution is -2.05. The molecule has 1 aliphatic carbocycles. The summed E-state index contributed by atoms with van der Waals surface area (Å²) >= 11 is 0. The van der Waals surface area contributed by atoms with Crippen molar-refractivity contribution in [2.24, 2.45) is 0 Å². The third-order valence-corrected chi connectivity index (χ3v) is 2.71. The SMILES string of the molecule is Cc1nc2nc(C3CC3)nn2cc1C(=O)O. The monoisotopic (exact) mass is 218 g/mol. The van der Waals surface area contributed by atoms with Crippen LogP contribution < -0.4 is 0 Å². The van der Waals surface area contributed by atoms with Gasteiger partial charge in [0, 0.05) is 12.1 Å². The summed E-state index contributed by atoms with van der Waals surface area (Å²) < 4.78 is 1.45. The van der Waals surface area contributed by atoms with E-state index >= 15 is 0 Å². The molecule has 6 nitrogen and oxygen atoms in total. The van der Waals surface area contributed by atoms with Crippen molar-refractivity contribution in [3.05, 3.63) is 23.3 Å². The summed E-state index contributed by atoms with van der Waals surface area (Å²) in [5.41, 5.74) is 0.634. The van der Waals surface area contributed by atoms with Gasteiger partial charge in [-0.3, -0.25) is 0 Å². The fraction of sp³-hybridized carbons (Fsp3) is 0.400. The van der Waals surface area contributed by atoms with Crippen molar-refractivity contribution < 1.29 is 9.90 Å². The normalized spacial score (nSPS) is 15.6. The van der Waals surface area contributed by atoms with Gasteiger partial charge >= 0.3 is 5.97 Å². The van der Waals surface area contributed by atoms with Crippen LogP contribution in [-0.4, -0.2) is 30.7 Å². The lowest BCUT2D eigenvalue weighted by molar-refractivity contribution is 0.0695. The van der Waals surface area contributed by atoms with E-state index in [1.165, 1.54) is 10.7 Å². The highest BCUT2D eigenvalue weighted by Crippen LogP contribution is 2.38. The summed E-state index contributed by atoms with van der Waals surface area (Å²) in [6.45, 7) is 1.66. The first-order chi connectivity index (χ1) is 7.65. The van der Waals surface area contributed by atoms with Gasteiger partial charge in [-0.15, -0.1) is 5.10 Å². The smallest absolute Gasteiger partial charge is 0.339 e. The summed E-state index contributed by atoms with van der Waals surface area (Å²) in [7, 11) is 0. The molecule has 0 unspecified atom stereocenters. The molecular formula is C10H10N4O2. The van der Waals surface area contributed by atoms with Gasteiger partial charge in [-0.05, 0) is 19.8 Å². The average molecular weight is 218 g/mol. The van der Waals surface area contributed by atoms with E-state index in [9.17, 15) is 4.79 Å². The molecule has 0 bridgehead atoms. The first-order valence-corrected chi connectivity index (χ1v) is 5.12. The molecule has 2 aromatic heterocycles. The Balaban J connectivity index is 2.19. The van der Waals surface area contributed by atoms with Gasteiger partial charge in [0.1, 0.15) is 0 Å². The van der Waals surface area contributed by atoms with Gasteiger partial charge < -0.3 is 5.11 Å². The molecule has 1 aliphatic rings. The number of aromatic carboxylic acids is 1. The van der Waals surface area contributed by atoms with E-state index in [0.29, 0.717) is 17.4 Å². The maximum absolute atomic E-state index is 10.9. The Morgan fingerprint density at radius 3 is 2.88 bits per heavy atom. The number of aromatic nitrogens is 4. The van der Waals surface area contributed by atoms with E-state index in [2.05, 4.69) is 15.1 Å². The molecule has 2 aromatic rings. The van der Waals surface area contributed by atoms with Gasteiger partial charge in [-0.2, -0.15) is 4.98 Å². The van der Waals surface area contributed by atoms with Crippen molar-refractivity contribution in [2.45, 2.75) is 25.7 Å². The summed E-state index contributed by atoms with van der Waals surface area (Å²) in [5.74, 6) is 0.699. The lowest BCUT2D eigenvalue weighted by Gasteiger charge is -1.98. The number of aryl methyl sites for hydroxylation is 1. The molecule has 82 valence electrons. The second-order valence-corrected chi connectivity index (χ2v) is 4.03. The molecule has 0 atom stereocenters. The highest BCUT2D eigenvalue weighted by molar-refractivity contribution is 5.88. The minimum atomic E-state index is -0.990. The largest absolute Gasteiger partial charge is 0.478 e. The van der Waals surface area contributed by atoms with Gasteiger partial charge in [0.15, 0.2) is 5.82 Å². The highest BCUT2D eigenvalue weighted by atomic mass is 16.4. The fourth-order valence-corrected chi connectivity index (χ4v) is 1.64. The van der Waals surface area contributed by atoms with Crippen molar-refractivity contribution in [1.82, 2.24) is 19.6 Å². The van der Waals surface area contributed by atoms with Crippen LogP contribution in [0.15, 0.2) is 6.20 Å². The molecular weight excluding hydrogens is 208 g/mol. The van der Waals surface area contributed by atoms with Gasteiger partial charge in [-0.25, -0.2) is 14.3 Å². The fourth-order valence-electron chi connectivity index (χ4n) is 1.64. The first-order valence-electron chi connectivity index (χ1n) is 5.12. The number of rotatable bonds is 2. The molecule has 0 radical (unpaired) electrons. The number of nitrogens with zero attached hydrogens (tertiary/aromatic N) is 4. The van der Waals surface area contributed by atoms with E-state index in [-0.39, 0.29) is 5.56 Å². The van der Waals surface area contributed by atoms with Crippen molar-refractivity contribution in [3.63, 3.8) is 0 Å². The van der Waals surface area contributed by atoms with Crippen LogP contribution in [-0.2, 0) is 0 Å². The molecule has 0 spiro atoms. The third kappa shape index (κ3) is 1.34. The van der Waals surface area contributed by atoms with Gasteiger partial charge in [-0.1, -0.05) is 0 Å². The number of hydrogen-bond donors (Lipinski definition) is 1. The molecule has 2 heterocycles. The standard InChI is InChI=1S/C10H10N4O2/c1-5-7(9(15)16)4-14-10(11-5)12-8(13-14)6-2-3-6/h4,6H,2-3H2,1H3,(H,15,16). The molecule has 6 heteroatoms. The molecule has 1 fully saturated rings. The van der Waals surface area contributed by atoms with Crippen LogP contribution in [0.5, 0.6) is 0 Å². The van der Waals surface area contributed by atoms with Crippen LogP contribution in [0.2, 0.25) is 0 Å². The molecule has 0 saturated heterocycles. The maximum atomic E-state index is 10.9. The number of carboxylic acid groups (broad SMARTS) is 1. The van der Waals surface area contributed by atoms with Crippen LogP contribution in [0.1, 0.15) is 40.6 Å². The Hall–Kier alpha value is -1.98. The van der Waals surface area contributed by atoms with E-state index in [4.69, 9.17) is 5.11 Å². The Labute approximate surface area is 91.0 Å². The maximum Gasteiger partial charge on any atom is 0.339 e. The summed E-state index contributed by atoms with van der Waals surface area (Å²) in [6, 6.07) is 0. The zero-order valence-corrected chi connectivity index (χ0v) is 8.71. The molecule has 0 amide bonds. The second kappa shape index (κ2) is 3.01. The Morgan fingerprint density at radius 2 is 2.25 bits per heavy atom. The van der Waals surface area contributed by atoms with Crippen LogP contribution in [0.4, 0.5) is 0 Å². The van der Waals surface area contributed by atoms with Crippen molar-refractivity contribution in [2.75, 3.05) is 0 Å². The average Bonchev–Trinajstić information content (AvgIpc) is 2.98. The molecule has 3 rings (SSSR count). The van der Waals surface area contributed by atoms with E-state index in [1.807, 2.05) is 0 Å². The van der Waals surface area contributed by atoms with E-state index in [1.54, 1.807) is 6.92 Å². The molecule has 0 aromatic carbocycles. The lowest BCUT2D eigenvalue weighted by atomic mass is 10.2. The summed E-state index contributed by atoms with van der Waals surface area (Å²) in [6.07, 6.45) is 3.70. The van der Waals surface area contributed by atoms with Crippen molar-refractivity contribution in [1.29, 1.82) is 0 Å². The molecule has 1 N–H and O–H groups in total. The van der Waals surface area contributed by atoms with Gasteiger partial charge in [0.25, 0.3) is 5.78 Å². The van der Waals surface area contributed by atoms with Gasteiger partial charge in [0.2, 0.25) is 0 Å². The Morgan fingerprint density at radius 1 is 1.50 bits per heavy atom. The number of carboxylic acids is 1. The van der Waals surface area contributed by atoms with Gasteiger partial charge in [0.05, 0.1) is 11.3 Å². The van der Waals surface area contributed by atoms with Crippen LogP contribution in [0, 0.1) is 6.92 Å². The highest BCUT2D eigenvalue weighted by Gasteiger charge is 2.28. The summed E-state index contributed by atoms with van der Waals surface area (Å²) in [5, 5.41) is 13.2. The van der Waals surface area contributed by atoms with E-state index < -0.39 is 5.97 Å². The molecule has 0 aliphatic heterocycles.